The number of aliphatic hydroxyl groups is 1. The quantitative estimate of drug-likeness (QED) is 0.887. The first-order valence-electron chi connectivity index (χ1n) is 8.72. The molecule has 2 aromatic rings. The molecule has 1 fully saturated rings. The third-order valence-electron chi connectivity index (χ3n) is 4.92. The summed E-state index contributed by atoms with van der Waals surface area (Å²) in [5.74, 6) is 0.622. The smallest absolute Gasteiger partial charge is 0.250 e. The highest BCUT2D eigenvalue weighted by Gasteiger charge is 2.23. The van der Waals surface area contributed by atoms with Gasteiger partial charge in [-0.2, -0.15) is 0 Å². The van der Waals surface area contributed by atoms with Gasteiger partial charge in [0.05, 0.1) is 25.4 Å². The van der Waals surface area contributed by atoms with Crippen LogP contribution < -0.4 is 5.56 Å². The van der Waals surface area contributed by atoms with Gasteiger partial charge in [0.25, 0.3) is 5.56 Å². The minimum absolute atomic E-state index is 0.0940. The van der Waals surface area contributed by atoms with E-state index in [1.165, 1.54) is 11.6 Å². The highest BCUT2D eigenvalue weighted by Crippen LogP contribution is 2.34. The molecule has 4 nitrogen and oxygen atoms in total. The number of hydrogen-bond donors (Lipinski definition) is 1. The van der Waals surface area contributed by atoms with Crippen LogP contribution in [0.5, 0.6) is 0 Å². The average Bonchev–Trinajstić information content (AvgIpc) is 2.65. The zero-order valence-corrected chi connectivity index (χ0v) is 13.9. The van der Waals surface area contributed by atoms with Crippen LogP contribution in [-0.2, 0) is 4.74 Å². The van der Waals surface area contributed by atoms with Gasteiger partial charge >= 0.3 is 0 Å². The van der Waals surface area contributed by atoms with Crippen molar-refractivity contribution in [3.8, 4) is 0 Å². The van der Waals surface area contributed by atoms with Crippen molar-refractivity contribution in [2.24, 2.45) is 0 Å². The molecule has 4 heteroatoms. The van der Waals surface area contributed by atoms with Crippen LogP contribution in [0.2, 0.25) is 0 Å². The van der Waals surface area contributed by atoms with Gasteiger partial charge in [0.2, 0.25) is 0 Å². The first-order valence-corrected chi connectivity index (χ1v) is 8.72. The molecule has 0 aliphatic heterocycles. The molecular formula is C20H25NO3. The normalized spacial score (nSPS) is 22.2. The van der Waals surface area contributed by atoms with Crippen molar-refractivity contribution in [3.05, 3.63) is 70.6 Å². The molecule has 0 bridgehead atoms. The Morgan fingerprint density at radius 1 is 1.04 bits per heavy atom. The SMILES string of the molecule is O=c1ccccn1C(CO)COC1CCC(c2ccccc2)CC1. The fourth-order valence-corrected chi connectivity index (χ4v) is 3.50. The Morgan fingerprint density at radius 2 is 1.75 bits per heavy atom. The Labute approximate surface area is 142 Å². The molecule has 0 radical (unpaired) electrons. The molecule has 1 aromatic carbocycles. The second-order valence-corrected chi connectivity index (χ2v) is 6.50. The van der Waals surface area contributed by atoms with E-state index in [-0.39, 0.29) is 24.3 Å². The lowest BCUT2D eigenvalue weighted by molar-refractivity contribution is -0.00325. The lowest BCUT2D eigenvalue weighted by Gasteiger charge is -2.30. The van der Waals surface area contributed by atoms with Crippen LogP contribution in [0.1, 0.15) is 43.2 Å². The number of pyridine rings is 1. The Bertz CT molecular complexity index is 675. The van der Waals surface area contributed by atoms with Gasteiger partial charge in [-0.3, -0.25) is 4.79 Å². The number of hydrogen-bond acceptors (Lipinski definition) is 3. The molecule has 128 valence electrons. The van der Waals surface area contributed by atoms with Gasteiger partial charge < -0.3 is 14.4 Å². The predicted octanol–water partition coefficient (Wildman–Crippen LogP) is 3.12. The fraction of sp³-hybridized carbons (Fsp3) is 0.450. The van der Waals surface area contributed by atoms with E-state index in [1.54, 1.807) is 22.9 Å². The summed E-state index contributed by atoms with van der Waals surface area (Å²) < 4.78 is 7.56. The van der Waals surface area contributed by atoms with Crippen LogP contribution in [0.15, 0.2) is 59.5 Å². The topological polar surface area (TPSA) is 51.5 Å². The minimum atomic E-state index is -0.314. The third kappa shape index (κ3) is 4.13. The van der Waals surface area contributed by atoms with E-state index in [2.05, 4.69) is 30.3 Å². The molecule has 1 N–H and O–H groups in total. The van der Waals surface area contributed by atoms with E-state index in [0.717, 1.165) is 25.7 Å². The molecule has 24 heavy (non-hydrogen) atoms. The molecule has 1 saturated carbocycles. The van der Waals surface area contributed by atoms with Gasteiger partial charge in [-0.25, -0.2) is 0 Å². The summed E-state index contributed by atoms with van der Waals surface area (Å²) in [6.45, 7) is 0.282. The molecule has 1 aliphatic rings. The predicted molar refractivity (Wildman–Crippen MR) is 94.2 cm³/mol. The van der Waals surface area contributed by atoms with Crippen molar-refractivity contribution < 1.29 is 9.84 Å². The molecule has 1 unspecified atom stereocenters. The van der Waals surface area contributed by atoms with Gasteiger partial charge in [-0.05, 0) is 43.2 Å². The Hall–Kier alpha value is -1.91. The van der Waals surface area contributed by atoms with Crippen LogP contribution in [0, 0.1) is 0 Å². The minimum Gasteiger partial charge on any atom is -0.394 e. The fourth-order valence-electron chi connectivity index (χ4n) is 3.50. The van der Waals surface area contributed by atoms with Crippen molar-refractivity contribution in [2.45, 2.75) is 43.7 Å². The van der Waals surface area contributed by atoms with Gasteiger partial charge in [-0.15, -0.1) is 0 Å². The number of benzene rings is 1. The summed E-state index contributed by atoms with van der Waals surface area (Å²) in [7, 11) is 0. The maximum atomic E-state index is 11.9. The molecule has 1 atom stereocenters. The molecule has 1 aromatic heterocycles. The molecule has 1 heterocycles. The number of aliphatic hydroxyl groups excluding tert-OH is 1. The van der Waals surface area contributed by atoms with Crippen LogP contribution in [0.4, 0.5) is 0 Å². The highest BCUT2D eigenvalue weighted by atomic mass is 16.5. The largest absolute Gasteiger partial charge is 0.394 e. The van der Waals surface area contributed by atoms with Crippen LogP contribution >= 0.6 is 0 Å². The zero-order valence-electron chi connectivity index (χ0n) is 13.9. The average molecular weight is 327 g/mol. The van der Waals surface area contributed by atoms with Gasteiger partial charge in [0, 0.05) is 12.3 Å². The molecule has 3 rings (SSSR count). The molecular weight excluding hydrogens is 302 g/mol. The molecule has 0 amide bonds. The van der Waals surface area contributed by atoms with E-state index in [0.29, 0.717) is 12.5 Å². The maximum absolute atomic E-state index is 11.9. The van der Waals surface area contributed by atoms with Crippen molar-refractivity contribution in [3.63, 3.8) is 0 Å². The van der Waals surface area contributed by atoms with Crippen molar-refractivity contribution in [1.82, 2.24) is 4.57 Å². The van der Waals surface area contributed by atoms with Gasteiger partial charge in [0.15, 0.2) is 0 Å². The van der Waals surface area contributed by atoms with Crippen LogP contribution in [-0.4, -0.2) is 29.0 Å². The van der Waals surface area contributed by atoms with Crippen molar-refractivity contribution in [1.29, 1.82) is 0 Å². The Balaban J connectivity index is 1.51. The summed E-state index contributed by atoms with van der Waals surface area (Å²) in [4.78, 5) is 11.9. The summed E-state index contributed by atoms with van der Waals surface area (Å²) in [5.41, 5.74) is 1.31. The van der Waals surface area contributed by atoms with E-state index < -0.39 is 0 Å². The highest BCUT2D eigenvalue weighted by molar-refractivity contribution is 5.19. The number of rotatable bonds is 6. The monoisotopic (exact) mass is 327 g/mol. The van der Waals surface area contributed by atoms with Crippen LogP contribution in [0.25, 0.3) is 0 Å². The summed E-state index contributed by atoms with van der Waals surface area (Å²) in [6, 6.07) is 15.4. The third-order valence-corrected chi connectivity index (χ3v) is 4.92. The van der Waals surface area contributed by atoms with E-state index in [4.69, 9.17) is 4.74 Å². The molecule has 0 saturated heterocycles. The molecule has 0 spiro atoms. The van der Waals surface area contributed by atoms with Gasteiger partial charge in [0.1, 0.15) is 0 Å². The number of ether oxygens (including phenoxy) is 1. The Kier molecular flexibility index (Phi) is 5.83. The number of nitrogens with zero attached hydrogens (tertiary/aromatic N) is 1. The van der Waals surface area contributed by atoms with Crippen molar-refractivity contribution >= 4 is 0 Å². The first-order chi connectivity index (χ1) is 11.8. The second kappa shape index (κ2) is 8.27. The summed E-state index contributed by atoms with van der Waals surface area (Å²) in [5, 5.41) is 9.58. The van der Waals surface area contributed by atoms with Crippen LogP contribution in [0.3, 0.4) is 0 Å². The van der Waals surface area contributed by atoms with E-state index in [9.17, 15) is 9.90 Å². The lowest BCUT2D eigenvalue weighted by atomic mass is 9.83. The van der Waals surface area contributed by atoms with E-state index >= 15 is 0 Å². The lowest BCUT2D eigenvalue weighted by Crippen LogP contribution is -2.31. The maximum Gasteiger partial charge on any atom is 0.250 e. The summed E-state index contributed by atoms with van der Waals surface area (Å²) >= 11 is 0. The first kappa shape index (κ1) is 16.9. The zero-order chi connectivity index (χ0) is 16.8. The van der Waals surface area contributed by atoms with E-state index in [1.807, 2.05) is 0 Å². The standard InChI is InChI=1S/C20H25NO3/c22-14-18(21-13-5-4-8-20(21)23)15-24-19-11-9-17(10-12-19)16-6-2-1-3-7-16/h1-8,13,17-19,22H,9-12,14-15H2. The number of aromatic nitrogens is 1. The second-order valence-electron chi connectivity index (χ2n) is 6.50. The summed E-state index contributed by atoms with van der Waals surface area (Å²) in [6.07, 6.45) is 6.24. The Morgan fingerprint density at radius 3 is 2.42 bits per heavy atom. The van der Waals surface area contributed by atoms with Crippen molar-refractivity contribution in [2.75, 3.05) is 13.2 Å². The van der Waals surface area contributed by atoms with Gasteiger partial charge in [-0.1, -0.05) is 36.4 Å². The molecule has 1 aliphatic carbocycles.